The van der Waals surface area contributed by atoms with Crippen LogP contribution in [0.1, 0.15) is 0 Å². The lowest BCUT2D eigenvalue weighted by Crippen LogP contribution is -2.01. The molecule has 6 heterocycles. The standard InChI is InChI=1S/C67H39N5O2/c1-3-17-40(18-4-1)64-65(41-19-5-2-6-20-41)70-67-63(43-22-16-24-45(34-43)72-56-30-12-8-26-47(56)51-38-62-53(36-58(51)72)49-28-10-14-32-60(49)74-62)68-39-54(66(67)69-64)42-21-15-23-44(33-42)71-55-29-11-7-25-46(55)50-37-61-52(35-57(50)71)48-27-9-13-31-59(48)73-61/h1-39H. The lowest BCUT2D eigenvalue weighted by molar-refractivity contribution is 0.669. The number of pyridine rings is 1. The van der Waals surface area contributed by atoms with E-state index in [2.05, 4.69) is 203 Å². The fourth-order valence-corrected chi connectivity index (χ4v) is 11.6. The van der Waals surface area contributed by atoms with Gasteiger partial charge in [0.25, 0.3) is 0 Å². The highest BCUT2D eigenvalue weighted by Gasteiger charge is 2.23. The summed E-state index contributed by atoms with van der Waals surface area (Å²) in [5, 5.41) is 8.93. The van der Waals surface area contributed by atoms with Crippen LogP contribution in [0, 0.1) is 0 Å². The Morgan fingerprint density at radius 3 is 1.28 bits per heavy atom. The summed E-state index contributed by atoms with van der Waals surface area (Å²) < 4.78 is 17.6. The predicted octanol–water partition coefficient (Wildman–Crippen LogP) is 17.7. The van der Waals surface area contributed by atoms with Crippen molar-refractivity contribution in [3.05, 3.63) is 237 Å². The van der Waals surface area contributed by atoms with E-state index >= 15 is 0 Å². The third-order valence-corrected chi connectivity index (χ3v) is 14.9. The van der Waals surface area contributed by atoms with Crippen molar-refractivity contribution in [2.45, 2.75) is 0 Å². The predicted molar refractivity (Wildman–Crippen MR) is 302 cm³/mol. The summed E-state index contributed by atoms with van der Waals surface area (Å²) in [6.07, 6.45) is 1.99. The monoisotopic (exact) mass is 945 g/mol. The van der Waals surface area contributed by atoms with Crippen molar-refractivity contribution < 1.29 is 8.83 Å². The van der Waals surface area contributed by atoms with E-state index < -0.39 is 0 Å². The molecule has 0 radical (unpaired) electrons. The van der Waals surface area contributed by atoms with Gasteiger partial charge >= 0.3 is 0 Å². The number of fused-ring (bicyclic) bond motifs is 13. The molecule has 344 valence electrons. The Morgan fingerprint density at radius 1 is 0.284 bits per heavy atom. The summed E-state index contributed by atoms with van der Waals surface area (Å²) >= 11 is 0. The molecule has 6 aromatic heterocycles. The van der Waals surface area contributed by atoms with Gasteiger partial charge in [-0.3, -0.25) is 4.98 Å². The van der Waals surface area contributed by atoms with Crippen molar-refractivity contribution in [2.24, 2.45) is 0 Å². The van der Waals surface area contributed by atoms with Crippen LogP contribution in [0.4, 0.5) is 0 Å². The van der Waals surface area contributed by atoms with E-state index in [-0.39, 0.29) is 0 Å². The fourth-order valence-electron chi connectivity index (χ4n) is 11.6. The zero-order valence-electron chi connectivity index (χ0n) is 39.6. The smallest absolute Gasteiger partial charge is 0.136 e. The van der Waals surface area contributed by atoms with Crippen LogP contribution >= 0.6 is 0 Å². The summed E-state index contributed by atoms with van der Waals surface area (Å²) in [4.78, 5) is 16.8. The van der Waals surface area contributed by atoms with Crippen LogP contribution in [0.15, 0.2) is 246 Å². The molecule has 0 atom stereocenters. The SMILES string of the molecule is c1ccc(-c2nc3c(-c4cccc(-n5c6ccccc6c6cc7oc8ccccc8c7cc65)c4)cnc(-c4cccc(-n5c6ccccc6c6cc7oc8ccccc8c7cc65)c4)c3nc2-c2ccccc2)cc1. The average Bonchev–Trinajstić information content (AvgIpc) is 4.22. The number of para-hydroxylation sites is 4. The Bertz CT molecular complexity index is 4650. The van der Waals surface area contributed by atoms with Gasteiger partial charge in [-0.25, -0.2) is 9.97 Å². The molecule has 0 aliphatic rings. The first kappa shape index (κ1) is 40.6. The van der Waals surface area contributed by atoms with Crippen molar-refractivity contribution >= 4 is 98.5 Å². The minimum absolute atomic E-state index is 0.712. The van der Waals surface area contributed by atoms with Crippen LogP contribution < -0.4 is 0 Å². The van der Waals surface area contributed by atoms with Crippen molar-refractivity contribution in [3.63, 3.8) is 0 Å². The molecule has 0 unspecified atom stereocenters. The van der Waals surface area contributed by atoms with E-state index in [1.807, 2.05) is 42.6 Å². The van der Waals surface area contributed by atoms with Gasteiger partial charge in [0.05, 0.1) is 39.1 Å². The third-order valence-electron chi connectivity index (χ3n) is 14.9. The van der Waals surface area contributed by atoms with E-state index in [1.54, 1.807) is 0 Å². The molecule has 0 saturated heterocycles. The maximum atomic E-state index is 6.41. The summed E-state index contributed by atoms with van der Waals surface area (Å²) in [6, 6.07) is 80.9. The van der Waals surface area contributed by atoms with Gasteiger partial charge in [-0.05, 0) is 78.4 Å². The lowest BCUT2D eigenvalue weighted by Gasteiger charge is -2.16. The second-order valence-electron chi connectivity index (χ2n) is 19.1. The maximum absolute atomic E-state index is 6.41. The zero-order valence-corrected chi connectivity index (χ0v) is 39.6. The van der Waals surface area contributed by atoms with E-state index in [1.165, 1.54) is 0 Å². The second-order valence-corrected chi connectivity index (χ2v) is 19.1. The number of hydrogen-bond acceptors (Lipinski definition) is 5. The molecule has 0 N–H and O–H groups in total. The number of aromatic nitrogens is 5. The van der Waals surface area contributed by atoms with Gasteiger partial charge in [0.1, 0.15) is 33.4 Å². The minimum Gasteiger partial charge on any atom is -0.456 e. The van der Waals surface area contributed by atoms with Crippen LogP contribution in [-0.2, 0) is 0 Å². The second kappa shape index (κ2) is 15.7. The number of hydrogen-bond donors (Lipinski definition) is 0. The van der Waals surface area contributed by atoms with Crippen molar-refractivity contribution in [2.75, 3.05) is 0 Å². The molecule has 7 heteroatoms. The van der Waals surface area contributed by atoms with E-state index in [0.717, 1.165) is 149 Å². The summed E-state index contributed by atoms with van der Waals surface area (Å²) in [5.41, 5.74) is 18.5. The van der Waals surface area contributed by atoms with E-state index in [9.17, 15) is 0 Å². The molecule has 16 aromatic rings. The quantitative estimate of drug-likeness (QED) is 0.166. The molecule has 0 aliphatic heterocycles. The van der Waals surface area contributed by atoms with Gasteiger partial charge in [0.2, 0.25) is 0 Å². The molecular weight excluding hydrogens is 907 g/mol. The van der Waals surface area contributed by atoms with Crippen LogP contribution in [0.3, 0.4) is 0 Å². The van der Waals surface area contributed by atoms with Crippen LogP contribution in [-0.4, -0.2) is 24.1 Å². The summed E-state index contributed by atoms with van der Waals surface area (Å²) in [7, 11) is 0. The lowest BCUT2D eigenvalue weighted by atomic mass is 9.99. The molecule has 0 amide bonds. The highest BCUT2D eigenvalue weighted by atomic mass is 16.3. The average molecular weight is 946 g/mol. The van der Waals surface area contributed by atoms with Crippen LogP contribution in [0.5, 0.6) is 0 Å². The number of nitrogens with zero attached hydrogens (tertiary/aromatic N) is 5. The zero-order chi connectivity index (χ0) is 48.4. The number of benzene rings is 10. The third kappa shape index (κ3) is 6.04. The highest BCUT2D eigenvalue weighted by Crippen LogP contribution is 2.43. The van der Waals surface area contributed by atoms with Crippen LogP contribution in [0.2, 0.25) is 0 Å². The van der Waals surface area contributed by atoms with Gasteiger partial charge in [-0.15, -0.1) is 0 Å². The molecule has 0 bridgehead atoms. The van der Waals surface area contributed by atoms with Gasteiger partial charge in [0.15, 0.2) is 0 Å². The maximum Gasteiger partial charge on any atom is 0.136 e. The molecule has 10 aromatic carbocycles. The minimum atomic E-state index is 0.712. The molecule has 0 fully saturated rings. The van der Waals surface area contributed by atoms with E-state index in [0.29, 0.717) is 5.52 Å². The number of rotatable bonds is 6. The first-order valence-corrected chi connectivity index (χ1v) is 24.9. The van der Waals surface area contributed by atoms with Gasteiger partial charge in [-0.1, -0.05) is 158 Å². The van der Waals surface area contributed by atoms with Gasteiger partial charge in [-0.2, -0.15) is 0 Å². The molecule has 16 rings (SSSR count). The molecule has 74 heavy (non-hydrogen) atoms. The Balaban J connectivity index is 0.930. The van der Waals surface area contributed by atoms with Crippen molar-refractivity contribution in [3.8, 4) is 56.3 Å². The molecular formula is C67H39N5O2. The first-order valence-electron chi connectivity index (χ1n) is 24.9. The summed E-state index contributed by atoms with van der Waals surface area (Å²) in [6.45, 7) is 0. The molecule has 0 spiro atoms. The molecule has 7 nitrogen and oxygen atoms in total. The van der Waals surface area contributed by atoms with Gasteiger partial charge < -0.3 is 18.0 Å². The fraction of sp³-hybridized carbons (Fsp3) is 0. The highest BCUT2D eigenvalue weighted by molar-refractivity contribution is 6.19. The normalized spacial score (nSPS) is 12.1. The summed E-state index contributed by atoms with van der Waals surface area (Å²) in [5.74, 6) is 0. The van der Waals surface area contributed by atoms with Gasteiger partial charge in [0, 0.05) is 82.9 Å². The Morgan fingerprint density at radius 2 is 0.730 bits per heavy atom. The molecule has 0 aliphatic carbocycles. The Labute approximate surface area is 422 Å². The topological polar surface area (TPSA) is 74.8 Å². The van der Waals surface area contributed by atoms with Crippen LogP contribution in [0.25, 0.3) is 155 Å². The van der Waals surface area contributed by atoms with E-state index in [4.69, 9.17) is 23.8 Å². The van der Waals surface area contributed by atoms with Crippen molar-refractivity contribution in [1.29, 1.82) is 0 Å². The Hall–Kier alpha value is -10.1. The Kier molecular flexibility index (Phi) is 8.61. The van der Waals surface area contributed by atoms with Crippen molar-refractivity contribution in [1.82, 2.24) is 24.1 Å². The first-order chi connectivity index (χ1) is 36.7. The number of furan rings is 2. The largest absolute Gasteiger partial charge is 0.456 e. The molecule has 0 saturated carbocycles.